The van der Waals surface area contributed by atoms with Gasteiger partial charge in [0.05, 0.1) is 0 Å². The van der Waals surface area contributed by atoms with Crippen molar-refractivity contribution in [2.45, 2.75) is 45.7 Å². The largest absolute Gasteiger partial charge is 0.310 e. The van der Waals surface area contributed by atoms with E-state index in [9.17, 15) is 0 Å². The van der Waals surface area contributed by atoms with Crippen LogP contribution in [0.5, 0.6) is 0 Å². The van der Waals surface area contributed by atoms with E-state index in [0.29, 0.717) is 12.1 Å². The lowest BCUT2D eigenvalue weighted by Gasteiger charge is -2.36. The van der Waals surface area contributed by atoms with Crippen LogP contribution in [0.25, 0.3) is 0 Å². The zero-order valence-electron chi connectivity index (χ0n) is 12.4. The summed E-state index contributed by atoms with van der Waals surface area (Å²) in [7, 11) is 4.28. The second-order valence-corrected chi connectivity index (χ2v) is 5.91. The minimum atomic E-state index is 0.581. The molecule has 0 spiro atoms. The molecule has 0 aromatic heterocycles. The van der Waals surface area contributed by atoms with Gasteiger partial charge in [-0.15, -0.1) is 0 Å². The molecule has 0 saturated carbocycles. The molecule has 1 fully saturated rings. The zero-order chi connectivity index (χ0) is 12.8. The fourth-order valence-corrected chi connectivity index (χ4v) is 2.97. The summed E-state index contributed by atoms with van der Waals surface area (Å²) in [5, 5.41) is 3.76. The Balaban J connectivity index is 2.33. The Morgan fingerprint density at radius 3 is 2.65 bits per heavy atom. The first-order valence-electron chi connectivity index (χ1n) is 7.16. The number of likely N-dealkylation sites (N-methyl/N-ethyl adjacent to an activating group) is 1. The highest BCUT2D eigenvalue weighted by atomic mass is 15.1. The van der Waals surface area contributed by atoms with Crippen molar-refractivity contribution in [3.8, 4) is 0 Å². The van der Waals surface area contributed by atoms with Gasteiger partial charge < -0.3 is 15.1 Å². The molecule has 1 aliphatic heterocycles. The molecule has 0 radical (unpaired) electrons. The van der Waals surface area contributed by atoms with E-state index in [1.165, 1.54) is 32.5 Å². The van der Waals surface area contributed by atoms with Crippen LogP contribution in [-0.2, 0) is 0 Å². The van der Waals surface area contributed by atoms with E-state index in [2.05, 4.69) is 50.0 Å². The van der Waals surface area contributed by atoms with Crippen molar-refractivity contribution in [2.75, 3.05) is 40.3 Å². The average molecular weight is 241 g/mol. The molecule has 1 aliphatic rings. The van der Waals surface area contributed by atoms with Gasteiger partial charge in [-0.3, -0.25) is 0 Å². The second-order valence-electron chi connectivity index (χ2n) is 5.91. The monoisotopic (exact) mass is 241 g/mol. The molecule has 0 aromatic rings. The lowest BCUT2D eigenvalue weighted by Crippen LogP contribution is -2.48. The number of nitrogens with zero attached hydrogens (tertiary/aromatic N) is 2. The number of nitrogens with one attached hydrogen (secondary N) is 1. The quantitative estimate of drug-likeness (QED) is 0.763. The normalized spacial score (nSPS) is 26.1. The molecule has 0 aliphatic carbocycles. The average Bonchev–Trinajstić information content (AvgIpc) is 2.27. The molecular weight excluding hydrogens is 210 g/mol. The summed E-state index contributed by atoms with van der Waals surface area (Å²) in [6, 6.07) is 1.22. The predicted molar refractivity (Wildman–Crippen MR) is 75.5 cm³/mol. The third kappa shape index (κ3) is 5.36. The van der Waals surface area contributed by atoms with Crippen molar-refractivity contribution < 1.29 is 0 Å². The van der Waals surface area contributed by atoms with Crippen LogP contribution in [0.1, 0.15) is 33.6 Å². The maximum absolute atomic E-state index is 3.76. The van der Waals surface area contributed by atoms with Gasteiger partial charge in [-0.05, 0) is 59.8 Å². The van der Waals surface area contributed by atoms with E-state index >= 15 is 0 Å². The van der Waals surface area contributed by atoms with Gasteiger partial charge in [-0.1, -0.05) is 6.92 Å². The summed E-state index contributed by atoms with van der Waals surface area (Å²) in [5.74, 6) is 0.827. The molecule has 0 bridgehead atoms. The Labute approximate surface area is 108 Å². The Bertz CT molecular complexity index is 206. The minimum absolute atomic E-state index is 0.581. The first-order chi connectivity index (χ1) is 8.02. The van der Waals surface area contributed by atoms with Crippen molar-refractivity contribution >= 4 is 0 Å². The van der Waals surface area contributed by atoms with Crippen LogP contribution in [0, 0.1) is 5.92 Å². The number of rotatable bonds is 6. The maximum Gasteiger partial charge on any atom is 0.0169 e. The number of likely N-dealkylation sites (tertiary alicyclic amines) is 1. The Morgan fingerprint density at radius 2 is 2.06 bits per heavy atom. The first kappa shape index (κ1) is 14.9. The van der Waals surface area contributed by atoms with Crippen LogP contribution in [0.15, 0.2) is 0 Å². The lowest BCUT2D eigenvalue weighted by atomic mass is 9.91. The zero-order valence-corrected chi connectivity index (χ0v) is 12.4. The molecule has 1 rings (SSSR count). The van der Waals surface area contributed by atoms with Gasteiger partial charge in [0.2, 0.25) is 0 Å². The van der Waals surface area contributed by atoms with E-state index in [-0.39, 0.29) is 0 Å². The van der Waals surface area contributed by atoms with E-state index in [0.717, 1.165) is 12.5 Å². The molecule has 0 amide bonds. The maximum atomic E-state index is 3.76. The van der Waals surface area contributed by atoms with Crippen LogP contribution in [0.4, 0.5) is 0 Å². The highest BCUT2D eigenvalue weighted by molar-refractivity contribution is 4.82. The van der Waals surface area contributed by atoms with Crippen LogP contribution in [0.2, 0.25) is 0 Å². The third-order valence-electron chi connectivity index (χ3n) is 3.88. The Kier molecular flexibility index (Phi) is 6.45. The summed E-state index contributed by atoms with van der Waals surface area (Å²) in [5.41, 5.74) is 0. The molecule has 0 aromatic carbocycles. The van der Waals surface area contributed by atoms with Gasteiger partial charge in [0.15, 0.2) is 0 Å². The molecule has 102 valence electrons. The van der Waals surface area contributed by atoms with E-state index in [1.54, 1.807) is 0 Å². The smallest absolute Gasteiger partial charge is 0.0169 e. The molecule has 1 heterocycles. The molecular formula is C14H31N3. The fraction of sp³-hybridized carbons (Fsp3) is 1.00. The van der Waals surface area contributed by atoms with Crippen LogP contribution in [-0.4, -0.2) is 62.2 Å². The van der Waals surface area contributed by atoms with Crippen LogP contribution in [0.3, 0.4) is 0 Å². The third-order valence-corrected chi connectivity index (χ3v) is 3.88. The predicted octanol–water partition coefficient (Wildman–Crippen LogP) is 1.65. The first-order valence-corrected chi connectivity index (χ1v) is 7.16. The molecule has 3 atom stereocenters. The number of hydrogen-bond donors (Lipinski definition) is 1. The summed E-state index contributed by atoms with van der Waals surface area (Å²) >= 11 is 0. The summed E-state index contributed by atoms with van der Waals surface area (Å²) in [4.78, 5) is 4.84. The fourth-order valence-electron chi connectivity index (χ4n) is 2.97. The van der Waals surface area contributed by atoms with Gasteiger partial charge in [0, 0.05) is 25.2 Å². The summed E-state index contributed by atoms with van der Waals surface area (Å²) in [6.07, 6.45) is 2.76. The van der Waals surface area contributed by atoms with E-state index < -0.39 is 0 Å². The topological polar surface area (TPSA) is 18.5 Å². The van der Waals surface area contributed by atoms with Crippen molar-refractivity contribution in [1.82, 2.24) is 15.1 Å². The van der Waals surface area contributed by atoms with Gasteiger partial charge in [-0.25, -0.2) is 0 Å². The van der Waals surface area contributed by atoms with Crippen molar-refractivity contribution in [3.05, 3.63) is 0 Å². The highest BCUT2D eigenvalue weighted by Crippen LogP contribution is 2.19. The van der Waals surface area contributed by atoms with E-state index in [1.807, 2.05) is 0 Å². The van der Waals surface area contributed by atoms with Gasteiger partial charge in [0.25, 0.3) is 0 Å². The van der Waals surface area contributed by atoms with Gasteiger partial charge >= 0.3 is 0 Å². The van der Waals surface area contributed by atoms with Crippen LogP contribution >= 0.6 is 0 Å². The minimum Gasteiger partial charge on any atom is -0.310 e. The summed E-state index contributed by atoms with van der Waals surface area (Å²) in [6.45, 7) is 11.8. The molecule has 3 unspecified atom stereocenters. The van der Waals surface area contributed by atoms with Crippen molar-refractivity contribution in [2.24, 2.45) is 5.92 Å². The highest BCUT2D eigenvalue weighted by Gasteiger charge is 2.24. The molecule has 3 nitrogen and oxygen atoms in total. The Hall–Kier alpha value is -0.120. The van der Waals surface area contributed by atoms with Crippen molar-refractivity contribution in [1.29, 1.82) is 0 Å². The van der Waals surface area contributed by atoms with E-state index in [4.69, 9.17) is 0 Å². The van der Waals surface area contributed by atoms with Crippen LogP contribution < -0.4 is 5.32 Å². The standard InChI is InChI=1S/C14H31N3/c1-6-17-9-7-8-14(11-17)13(3)15-12(2)10-16(4)5/h12-15H,6-11H2,1-5H3. The Morgan fingerprint density at radius 1 is 1.35 bits per heavy atom. The summed E-state index contributed by atoms with van der Waals surface area (Å²) < 4.78 is 0. The SMILES string of the molecule is CCN1CCCC(C(C)NC(C)CN(C)C)C1. The van der Waals surface area contributed by atoms with Gasteiger partial charge in [0.1, 0.15) is 0 Å². The van der Waals surface area contributed by atoms with Gasteiger partial charge in [-0.2, -0.15) is 0 Å². The molecule has 1 saturated heterocycles. The second kappa shape index (κ2) is 7.34. The number of piperidine rings is 1. The lowest BCUT2D eigenvalue weighted by molar-refractivity contribution is 0.151. The molecule has 1 N–H and O–H groups in total. The number of hydrogen-bond acceptors (Lipinski definition) is 3. The molecule has 3 heteroatoms. The van der Waals surface area contributed by atoms with Crippen molar-refractivity contribution in [3.63, 3.8) is 0 Å². The molecule has 17 heavy (non-hydrogen) atoms.